The number of likely N-dealkylation sites (tertiary alicyclic amines) is 1. The Morgan fingerprint density at radius 1 is 1.21 bits per heavy atom. The molecule has 2 amide bonds. The molecule has 2 fully saturated rings. The van der Waals surface area contributed by atoms with Crippen LogP contribution in [0.4, 0.5) is 0 Å². The number of amides is 2. The minimum Gasteiger partial charge on any atom is -0.464 e. The van der Waals surface area contributed by atoms with Crippen LogP contribution in [0.1, 0.15) is 45.4 Å². The summed E-state index contributed by atoms with van der Waals surface area (Å²) in [7, 11) is 0. The van der Waals surface area contributed by atoms with E-state index in [2.05, 4.69) is 0 Å². The van der Waals surface area contributed by atoms with Crippen molar-refractivity contribution in [2.75, 3.05) is 13.2 Å². The zero-order valence-electron chi connectivity index (χ0n) is 11.4. The van der Waals surface area contributed by atoms with Crippen molar-refractivity contribution < 1.29 is 19.1 Å². The van der Waals surface area contributed by atoms with Crippen LogP contribution in [-0.4, -0.2) is 35.8 Å². The van der Waals surface area contributed by atoms with Crippen molar-refractivity contribution in [3.05, 3.63) is 0 Å². The van der Waals surface area contributed by atoms with Crippen LogP contribution in [0, 0.1) is 11.8 Å². The molecule has 1 aliphatic heterocycles. The van der Waals surface area contributed by atoms with Crippen molar-refractivity contribution >= 4 is 17.8 Å². The molecule has 2 atom stereocenters. The number of ether oxygens (including phenoxy) is 1. The minimum absolute atomic E-state index is 0.0683. The first-order valence-corrected chi connectivity index (χ1v) is 7.16. The lowest BCUT2D eigenvalue weighted by molar-refractivity contribution is -0.148. The Morgan fingerprint density at radius 3 is 2.32 bits per heavy atom. The predicted molar refractivity (Wildman–Crippen MR) is 68.0 cm³/mol. The molecule has 19 heavy (non-hydrogen) atoms. The first-order chi connectivity index (χ1) is 9.15. The monoisotopic (exact) mass is 267 g/mol. The van der Waals surface area contributed by atoms with Crippen molar-refractivity contribution in [3.63, 3.8) is 0 Å². The van der Waals surface area contributed by atoms with E-state index in [1.807, 2.05) is 6.92 Å². The summed E-state index contributed by atoms with van der Waals surface area (Å²) in [5.41, 5.74) is 0. The lowest BCUT2D eigenvalue weighted by atomic mass is 9.81. The number of hydrogen-bond acceptors (Lipinski definition) is 4. The van der Waals surface area contributed by atoms with Gasteiger partial charge in [0.05, 0.1) is 18.4 Å². The summed E-state index contributed by atoms with van der Waals surface area (Å²) in [6.45, 7) is 2.23. The minimum atomic E-state index is -0.265. The molecule has 0 aromatic carbocycles. The van der Waals surface area contributed by atoms with Gasteiger partial charge in [0, 0.05) is 6.42 Å². The summed E-state index contributed by atoms with van der Waals surface area (Å²) < 4.78 is 5.01. The number of nitrogens with zero attached hydrogens (tertiary/aromatic N) is 1. The lowest BCUT2D eigenvalue weighted by Crippen LogP contribution is -2.34. The Morgan fingerprint density at radius 2 is 1.79 bits per heavy atom. The third-order valence-electron chi connectivity index (χ3n) is 3.96. The Hall–Kier alpha value is -1.39. The number of fused-ring (bicyclic) bond motifs is 1. The number of carbonyl (C=O) groups is 3. The zero-order valence-corrected chi connectivity index (χ0v) is 11.4. The van der Waals surface area contributed by atoms with Crippen LogP contribution >= 0.6 is 0 Å². The topological polar surface area (TPSA) is 63.7 Å². The van der Waals surface area contributed by atoms with E-state index >= 15 is 0 Å². The van der Waals surface area contributed by atoms with Gasteiger partial charge in [-0.25, -0.2) is 0 Å². The van der Waals surface area contributed by atoms with E-state index in [4.69, 9.17) is 4.74 Å². The van der Waals surface area contributed by atoms with Gasteiger partial charge in [-0.05, 0) is 19.3 Å². The van der Waals surface area contributed by atoms with Crippen LogP contribution in [0.25, 0.3) is 0 Å². The largest absolute Gasteiger partial charge is 0.464 e. The van der Waals surface area contributed by atoms with Crippen LogP contribution in [0.2, 0.25) is 0 Å². The SMILES string of the molecule is CCCC(=O)OCCN1C(=O)C2CCCCC2C1=O. The number of imide groups is 1. The second-order valence-corrected chi connectivity index (χ2v) is 5.30. The van der Waals surface area contributed by atoms with Crippen molar-refractivity contribution in [2.45, 2.75) is 45.4 Å². The fourth-order valence-corrected chi connectivity index (χ4v) is 2.98. The second kappa shape index (κ2) is 6.17. The van der Waals surface area contributed by atoms with Crippen LogP contribution < -0.4 is 0 Å². The van der Waals surface area contributed by atoms with Gasteiger partial charge in [-0.15, -0.1) is 0 Å². The van der Waals surface area contributed by atoms with Gasteiger partial charge in [0.2, 0.25) is 11.8 Å². The maximum Gasteiger partial charge on any atom is 0.305 e. The molecule has 0 aromatic rings. The lowest BCUT2D eigenvalue weighted by Gasteiger charge is -2.19. The molecule has 1 saturated heterocycles. The maximum atomic E-state index is 12.1. The van der Waals surface area contributed by atoms with Gasteiger partial charge in [-0.3, -0.25) is 19.3 Å². The van der Waals surface area contributed by atoms with Gasteiger partial charge in [0.15, 0.2) is 0 Å². The van der Waals surface area contributed by atoms with Gasteiger partial charge in [-0.1, -0.05) is 19.8 Å². The second-order valence-electron chi connectivity index (χ2n) is 5.30. The normalized spacial score (nSPS) is 26.5. The Labute approximate surface area is 113 Å². The number of rotatable bonds is 5. The standard InChI is InChI=1S/C14H21NO4/c1-2-5-12(16)19-9-8-15-13(17)10-6-3-4-7-11(10)14(15)18/h10-11H,2-9H2,1H3. The molecular weight excluding hydrogens is 246 g/mol. The number of carbonyl (C=O) groups excluding carboxylic acids is 3. The average molecular weight is 267 g/mol. The summed E-state index contributed by atoms with van der Waals surface area (Å²) >= 11 is 0. The molecule has 5 nitrogen and oxygen atoms in total. The molecule has 0 spiro atoms. The summed E-state index contributed by atoms with van der Waals surface area (Å²) in [6, 6.07) is 0. The van der Waals surface area contributed by atoms with Gasteiger partial charge in [0.1, 0.15) is 6.61 Å². The first-order valence-electron chi connectivity index (χ1n) is 7.16. The number of esters is 1. The fraction of sp³-hybridized carbons (Fsp3) is 0.786. The molecule has 1 saturated carbocycles. The smallest absolute Gasteiger partial charge is 0.305 e. The van der Waals surface area contributed by atoms with Crippen LogP contribution in [0.15, 0.2) is 0 Å². The predicted octanol–water partition coefficient (Wildman–Crippen LogP) is 1.50. The summed E-state index contributed by atoms with van der Waals surface area (Å²) in [5, 5.41) is 0. The molecule has 106 valence electrons. The van der Waals surface area contributed by atoms with Gasteiger partial charge < -0.3 is 4.74 Å². The average Bonchev–Trinajstić information content (AvgIpc) is 2.65. The Balaban J connectivity index is 1.85. The van der Waals surface area contributed by atoms with E-state index in [9.17, 15) is 14.4 Å². The highest BCUT2D eigenvalue weighted by molar-refractivity contribution is 6.05. The highest BCUT2D eigenvalue weighted by Gasteiger charge is 2.47. The third kappa shape index (κ3) is 2.96. The molecular formula is C14H21NO4. The molecule has 1 aliphatic carbocycles. The van der Waals surface area contributed by atoms with Crippen molar-refractivity contribution in [1.82, 2.24) is 4.90 Å². The van der Waals surface area contributed by atoms with Crippen molar-refractivity contribution in [3.8, 4) is 0 Å². The van der Waals surface area contributed by atoms with E-state index in [0.29, 0.717) is 6.42 Å². The van der Waals surface area contributed by atoms with Crippen LogP contribution in [0.3, 0.4) is 0 Å². The van der Waals surface area contributed by atoms with E-state index in [1.54, 1.807) is 0 Å². The van der Waals surface area contributed by atoms with Crippen molar-refractivity contribution in [1.29, 1.82) is 0 Å². The molecule has 0 bridgehead atoms. The van der Waals surface area contributed by atoms with Gasteiger partial charge >= 0.3 is 5.97 Å². The fourth-order valence-electron chi connectivity index (χ4n) is 2.98. The van der Waals surface area contributed by atoms with Crippen LogP contribution in [-0.2, 0) is 19.1 Å². The van der Waals surface area contributed by atoms with Crippen molar-refractivity contribution in [2.24, 2.45) is 11.8 Å². The molecule has 0 radical (unpaired) electrons. The molecule has 0 aromatic heterocycles. The summed E-state index contributed by atoms with van der Waals surface area (Å²) in [5.74, 6) is -0.637. The summed E-state index contributed by atoms with van der Waals surface area (Å²) in [6.07, 6.45) is 4.82. The Bertz CT molecular complexity index is 356. The molecule has 2 rings (SSSR count). The highest BCUT2D eigenvalue weighted by Crippen LogP contribution is 2.37. The van der Waals surface area contributed by atoms with Gasteiger partial charge in [0.25, 0.3) is 0 Å². The Kier molecular flexibility index (Phi) is 4.56. The van der Waals surface area contributed by atoms with E-state index in [0.717, 1.165) is 32.1 Å². The zero-order chi connectivity index (χ0) is 13.8. The molecule has 0 N–H and O–H groups in total. The quantitative estimate of drug-likeness (QED) is 0.559. The molecule has 5 heteroatoms. The third-order valence-corrected chi connectivity index (χ3v) is 3.96. The molecule has 1 heterocycles. The van der Waals surface area contributed by atoms with E-state index < -0.39 is 0 Å². The van der Waals surface area contributed by atoms with Gasteiger partial charge in [-0.2, -0.15) is 0 Å². The molecule has 2 unspecified atom stereocenters. The van der Waals surface area contributed by atoms with Crippen LogP contribution in [0.5, 0.6) is 0 Å². The summed E-state index contributed by atoms with van der Waals surface area (Å²) in [4.78, 5) is 36.7. The molecule has 2 aliphatic rings. The first kappa shape index (κ1) is 14.0. The number of hydrogen-bond donors (Lipinski definition) is 0. The maximum absolute atomic E-state index is 12.1. The van der Waals surface area contributed by atoms with E-state index in [-0.39, 0.29) is 42.8 Å². The highest BCUT2D eigenvalue weighted by atomic mass is 16.5. The van der Waals surface area contributed by atoms with E-state index in [1.165, 1.54) is 4.90 Å².